The van der Waals surface area contributed by atoms with Crippen molar-refractivity contribution in [1.82, 2.24) is 0 Å². The lowest BCUT2D eigenvalue weighted by Crippen LogP contribution is -2.69. The molecule has 3 saturated heterocycles. The van der Waals surface area contributed by atoms with E-state index in [2.05, 4.69) is 62.5 Å². The molecule has 23 atom stereocenters. The van der Waals surface area contributed by atoms with Crippen LogP contribution in [0.4, 0.5) is 0 Å². The number of phosphoric acid groups is 1. The van der Waals surface area contributed by atoms with Crippen molar-refractivity contribution in [3.8, 4) is 0 Å². The number of allylic oxidation sites excluding steroid dienone is 8. The van der Waals surface area contributed by atoms with Crippen LogP contribution in [0.5, 0.6) is 0 Å². The van der Waals surface area contributed by atoms with Crippen LogP contribution in [-0.2, 0) is 61.1 Å². The minimum Gasteiger partial charge on any atom is -0.462 e. The summed E-state index contributed by atoms with van der Waals surface area (Å²) in [5.41, 5.74) is 0. The molecule has 0 aromatic heterocycles. The third-order valence-corrected chi connectivity index (χ3v) is 16.9. The van der Waals surface area contributed by atoms with Crippen molar-refractivity contribution < 1.29 is 137 Å². The minimum atomic E-state index is -5.76. The van der Waals surface area contributed by atoms with Crippen LogP contribution in [0.15, 0.2) is 48.6 Å². The summed E-state index contributed by atoms with van der Waals surface area (Å²) in [6.07, 6.45) is -10.3. The molecule has 1 saturated carbocycles. The van der Waals surface area contributed by atoms with Gasteiger partial charge in [0.25, 0.3) is 0 Å². The zero-order valence-electron chi connectivity index (χ0n) is 51.9. The minimum absolute atomic E-state index is 0.00373. The molecule has 0 aromatic carbocycles. The van der Waals surface area contributed by atoms with Crippen molar-refractivity contribution in [3.05, 3.63) is 48.6 Å². The van der Waals surface area contributed by atoms with E-state index in [0.717, 1.165) is 89.9 Å². The number of unbranched alkanes of at least 4 members (excludes halogenated alkanes) is 14. The number of hydrogen-bond donors (Lipinski definition) is 15. The second-order valence-corrected chi connectivity index (χ2v) is 24.7. The van der Waals surface area contributed by atoms with Crippen molar-refractivity contribution in [1.29, 1.82) is 0 Å². The summed E-state index contributed by atoms with van der Waals surface area (Å²) in [4.78, 5) is 37.9. The summed E-state index contributed by atoms with van der Waals surface area (Å²) in [7, 11) is -5.76. The van der Waals surface area contributed by atoms with Gasteiger partial charge in [0.05, 0.1) is 26.4 Å². The topological polar surface area (TPSA) is 447 Å². The van der Waals surface area contributed by atoms with Crippen molar-refractivity contribution >= 4 is 19.8 Å². The van der Waals surface area contributed by atoms with Gasteiger partial charge >= 0.3 is 19.8 Å². The highest BCUT2D eigenvalue weighted by molar-refractivity contribution is 7.47. The molecule has 1 aliphatic carbocycles. The Hall–Kier alpha value is -2.79. The van der Waals surface area contributed by atoms with Crippen LogP contribution in [0.1, 0.15) is 155 Å². The molecule has 15 N–H and O–H groups in total. The van der Waals surface area contributed by atoms with Crippen LogP contribution >= 0.6 is 7.82 Å². The first kappa shape index (κ1) is 79.6. The van der Waals surface area contributed by atoms with Gasteiger partial charge in [-0.15, -0.1) is 0 Å². The molecule has 4 rings (SSSR count). The molecular formula is C61H105O28P. The fourth-order valence-corrected chi connectivity index (χ4v) is 11.4. The molecule has 4 aliphatic rings. The van der Waals surface area contributed by atoms with E-state index in [1.165, 1.54) is 19.3 Å². The van der Waals surface area contributed by atoms with Gasteiger partial charge in [-0.3, -0.25) is 18.6 Å². The number of rotatable bonds is 43. The number of aliphatic hydroxyl groups excluding tert-OH is 14. The zero-order chi connectivity index (χ0) is 66.2. The molecule has 0 amide bonds. The molecule has 29 heteroatoms. The van der Waals surface area contributed by atoms with Crippen molar-refractivity contribution in [2.75, 3.05) is 33.0 Å². The van der Waals surface area contributed by atoms with E-state index in [0.29, 0.717) is 19.3 Å². The number of phosphoric ester groups is 1. The highest BCUT2D eigenvalue weighted by Crippen LogP contribution is 2.49. The first-order valence-corrected chi connectivity index (χ1v) is 33.5. The van der Waals surface area contributed by atoms with E-state index >= 15 is 0 Å². The predicted octanol–water partition coefficient (Wildman–Crippen LogP) is 1.08. The molecule has 3 aliphatic heterocycles. The highest BCUT2D eigenvalue weighted by Gasteiger charge is 2.58. The average molecular weight is 1320 g/mol. The fraction of sp³-hybridized carbons (Fsp3) is 0.836. The lowest BCUT2D eigenvalue weighted by Gasteiger charge is -2.49. The molecule has 0 bridgehead atoms. The average Bonchev–Trinajstić information content (AvgIpc) is 0.869. The maximum atomic E-state index is 14.3. The molecule has 0 radical (unpaired) electrons. The summed E-state index contributed by atoms with van der Waals surface area (Å²) in [5, 5.41) is 150. The number of carbonyl (C=O) groups is 2. The summed E-state index contributed by atoms with van der Waals surface area (Å²) >= 11 is 0. The maximum absolute atomic E-state index is 14.3. The third-order valence-electron chi connectivity index (χ3n) is 15.9. The van der Waals surface area contributed by atoms with Gasteiger partial charge in [-0.05, 0) is 70.6 Å². The van der Waals surface area contributed by atoms with E-state index < -0.39 is 188 Å². The number of carbonyl (C=O) groups excluding carboxylic acids is 2. The van der Waals surface area contributed by atoms with Crippen molar-refractivity contribution in [3.63, 3.8) is 0 Å². The Labute approximate surface area is 527 Å². The van der Waals surface area contributed by atoms with E-state index in [9.17, 15) is 90.5 Å². The number of aliphatic hydroxyl groups is 14. The van der Waals surface area contributed by atoms with Gasteiger partial charge < -0.3 is 114 Å². The second-order valence-electron chi connectivity index (χ2n) is 23.3. The Morgan fingerprint density at radius 2 is 0.856 bits per heavy atom. The molecule has 0 aromatic rings. The zero-order valence-corrected chi connectivity index (χ0v) is 52.8. The molecule has 522 valence electrons. The molecule has 0 spiro atoms. The van der Waals surface area contributed by atoms with E-state index in [-0.39, 0.29) is 12.8 Å². The van der Waals surface area contributed by atoms with Crippen LogP contribution in [0, 0.1) is 0 Å². The standard InChI is InChI=1S/C61H105O28P/c1-3-5-7-9-11-13-15-17-18-20-21-23-25-27-29-31-42(64)80-35-38(83-43(65)32-30-28-26-24-22-19-16-14-12-10-8-6-4-2)36-82-90(78,79)89-58-56(87-60-54(76)48(70)45(67)40(34-63)85-60)51(73)50(72)52(74)57(58)88-61-55(77)49(71)46(68)41(86-61)37-81-59-53(75)47(69)44(66)39(33-62)84-59/h8,10-11,13-14,16-18,38-41,44-63,66-77H,3-7,9,12,15,19-37H2,1-2H3,(H,78,79)/b10-8-,13-11-,16-14-,18-17-/t38-,39?,40?,41?,44+,45-,46+,47?,48?,49?,50+,51?,52?,53+,54-,55+,56-,57?,58+,59-,60-,61+/m1/s1. The Bertz CT molecular complexity index is 2140. The number of esters is 2. The molecule has 10 unspecified atom stereocenters. The first-order valence-electron chi connectivity index (χ1n) is 32.0. The predicted molar refractivity (Wildman–Crippen MR) is 319 cm³/mol. The molecule has 3 heterocycles. The first-order chi connectivity index (χ1) is 43.1. The molecular weight excluding hydrogens is 1210 g/mol. The summed E-state index contributed by atoms with van der Waals surface area (Å²) in [6.45, 7) is -0.0891. The van der Waals surface area contributed by atoms with Crippen LogP contribution < -0.4 is 0 Å². The van der Waals surface area contributed by atoms with Gasteiger partial charge in [0.2, 0.25) is 0 Å². The third kappa shape index (κ3) is 26.8. The van der Waals surface area contributed by atoms with Gasteiger partial charge in [0.15, 0.2) is 25.0 Å². The fourth-order valence-electron chi connectivity index (χ4n) is 10.4. The maximum Gasteiger partial charge on any atom is 0.472 e. The molecule has 28 nitrogen and oxygen atoms in total. The van der Waals surface area contributed by atoms with Gasteiger partial charge in [-0.1, -0.05) is 120 Å². The van der Waals surface area contributed by atoms with Crippen LogP contribution in [0.3, 0.4) is 0 Å². The lowest BCUT2D eigenvalue weighted by molar-refractivity contribution is -0.364. The number of hydrogen-bond acceptors (Lipinski definition) is 27. The van der Waals surface area contributed by atoms with E-state index in [1.54, 1.807) is 0 Å². The Morgan fingerprint density at radius 3 is 1.34 bits per heavy atom. The van der Waals surface area contributed by atoms with Gasteiger partial charge in [0.1, 0.15) is 116 Å². The summed E-state index contributed by atoms with van der Waals surface area (Å²) in [6, 6.07) is 0. The van der Waals surface area contributed by atoms with E-state index in [4.69, 9.17) is 46.9 Å². The monoisotopic (exact) mass is 1320 g/mol. The molecule has 4 fully saturated rings. The largest absolute Gasteiger partial charge is 0.472 e. The molecule has 90 heavy (non-hydrogen) atoms. The van der Waals surface area contributed by atoms with Crippen LogP contribution in [-0.4, -0.2) is 256 Å². The van der Waals surface area contributed by atoms with Crippen LogP contribution in [0.25, 0.3) is 0 Å². The SMILES string of the molecule is CCC/C=C\C/C=C\CCCCCCCC(=O)O[C@H](COC(=O)CCCCCCC/C=C\C/C=C\CCCCC)COP(=O)(O)O[C@@H]1C(O[C@@H]2OC(CO[C@@H]3OC(CO)[C@H](O)C(O)[C@@H]3O)[C@H](O)C(O)[C@@H]2O)C(O)[C@@H](O)C(O)[C@H]1O[C@H]1OC(CO)[C@@H](O)C(O)[C@H]1O. The summed E-state index contributed by atoms with van der Waals surface area (Å²) < 4.78 is 69.7. The van der Waals surface area contributed by atoms with Gasteiger partial charge in [-0.2, -0.15) is 0 Å². The lowest BCUT2D eigenvalue weighted by atomic mass is 9.84. The Morgan fingerprint density at radius 1 is 0.444 bits per heavy atom. The normalized spacial score (nSPS) is 34.6. The van der Waals surface area contributed by atoms with E-state index in [1.807, 2.05) is 0 Å². The van der Waals surface area contributed by atoms with Gasteiger partial charge in [0, 0.05) is 12.8 Å². The highest BCUT2D eigenvalue weighted by atomic mass is 31.2. The van der Waals surface area contributed by atoms with Crippen molar-refractivity contribution in [2.45, 2.75) is 290 Å². The Kier molecular flexibility index (Phi) is 38.3. The Balaban J connectivity index is 1.50. The second kappa shape index (κ2) is 43.3. The van der Waals surface area contributed by atoms with Crippen molar-refractivity contribution in [2.24, 2.45) is 0 Å². The summed E-state index contributed by atoms with van der Waals surface area (Å²) in [5.74, 6) is -1.44. The van der Waals surface area contributed by atoms with Gasteiger partial charge in [-0.25, -0.2) is 4.57 Å². The van der Waals surface area contributed by atoms with Crippen LogP contribution in [0.2, 0.25) is 0 Å². The quantitative estimate of drug-likeness (QED) is 0.0176. The number of ether oxygens (including phenoxy) is 8. The smallest absolute Gasteiger partial charge is 0.462 e.